The van der Waals surface area contributed by atoms with Crippen molar-refractivity contribution in [3.05, 3.63) is 98.5 Å². The van der Waals surface area contributed by atoms with Gasteiger partial charge in [0.05, 0.1) is 18.2 Å². The molecule has 2 atom stereocenters. The molecule has 1 N–H and O–H groups in total. The smallest absolute Gasteiger partial charge is 0.264 e. The Hall–Kier alpha value is -2.47. The Bertz CT molecular complexity index is 1160. The molecule has 1 aliphatic rings. The van der Waals surface area contributed by atoms with Crippen LogP contribution in [0.15, 0.2) is 71.2 Å². The average molecular weight is 499 g/mol. The standard InChI is InChI=1S/C25H21BrClNO3/c1-15-3-5-17(6-4-15)14-28-22-12-9-19(26)13-21(22)25(31,24(28)30)16(2)23(29)18-7-10-20(27)11-8-18/h3-13,16,31H,14H2,1-2H3. The number of hydrogen-bond donors (Lipinski definition) is 1. The van der Waals surface area contributed by atoms with Crippen molar-refractivity contribution in [2.45, 2.75) is 26.0 Å². The molecule has 31 heavy (non-hydrogen) atoms. The molecule has 0 radical (unpaired) electrons. The van der Waals surface area contributed by atoms with Crippen LogP contribution in [-0.4, -0.2) is 16.8 Å². The molecular weight excluding hydrogens is 478 g/mol. The molecule has 2 unspecified atom stereocenters. The van der Waals surface area contributed by atoms with E-state index in [0.29, 0.717) is 28.4 Å². The lowest BCUT2D eigenvalue weighted by atomic mass is 9.79. The van der Waals surface area contributed by atoms with Crippen LogP contribution in [0, 0.1) is 12.8 Å². The van der Waals surface area contributed by atoms with Crippen LogP contribution in [0.5, 0.6) is 0 Å². The number of aryl methyl sites for hydroxylation is 1. The molecule has 0 saturated heterocycles. The van der Waals surface area contributed by atoms with Gasteiger partial charge in [-0.15, -0.1) is 0 Å². The van der Waals surface area contributed by atoms with Crippen molar-refractivity contribution in [1.82, 2.24) is 0 Å². The predicted octanol–water partition coefficient (Wildman–Crippen LogP) is 5.66. The van der Waals surface area contributed by atoms with Crippen molar-refractivity contribution < 1.29 is 14.7 Å². The third-order valence-corrected chi connectivity index (χ3v) is 6.59. The summed E-state index contributed by atoms with van der Waals surface area (Å²) in [5, 5.41) is 12.2. The van der Waals surface area contributed by atoms with Crippen molar-refractivity contribution in [3.63, 3.8) is 0 Å². The van der Waals surface area contributed by atoms with E-state index in [-0.39, 0.29) is 5.78 Å². The van der Waals surface area contributed by atoms with Crippen LogP contribution in [0.4, 0.5) is 5.69 Å². The van der Waals surface area contributed by atoms with Gasteiger partial charge in [0.15, 0.2) is 11.4 Å². The van der Waals surface area contributed by atoms with Gasteiger partial charge >= 0.3 is 0 Å². The third-order valence-electron chi connectivity index (χ3n) is 5.84. The van der Waals surface area contributed by atoms with Crippen LogP contribution in [-0.2, 0) is 16.9 Å². The molecule has 0 spiro atoms. The molecule has 4 rings (SSSR count). The van der Waals surface area contributed by atoms with E-state index in [1.54, 1.807) is 48.2 Å². The van der Waals surface area contributed by atoms with E-state index < -0.39 is 17.4 Å². The number of carbonyl (C=O) groups is 2. The molecule has 0 aliphatic carbocycles. The zero-order valence-electron chi connectivity index (χ0n) is 17.1. The fraction of sp³-hybridized carbons (Fsp3) is 0.200. The molecule has 0 saturated carbocycles. The Balaban J connectivity index is 1.75. The first kappa shape index (κ1) is 21.8. The number of fused-ring (bicyclic) bond motifs is 1. The van der Waals surface area contributed by atoms with Gasteiger partial charge in [-0.1, -0.05) is 64.3 Å². The van der Waals surface area contributed by atoms with Gasteiger partial charge in [0, 0.05) is 20.6 Å². The minimum atomic E-state index is -1.97. The number of aliphatic hydroxyl groups is 1. The highest BCUT2D eigenvalue weighted by molar-refractivity contribution is 9.10. The maximum Gasteiger partial charge on any atom is 0.264 e. The summed E-state index contributed by atoms with van der Waals surface area (Å²) < 4.78 is 0.723. The van der Waals surface area contributed by atoms with Gasteiger partial charge < -0.3 is 10.0 Å². The largest absolute Gasteiger partial charge is 0.375 e. The lowest BCUT2D eigenvalue weighted by Crippen LogP contribution is -2.47. The highest BCUT2D eigenvalue weighted by Crippen LogP contribution is 2.47. The quantitative estimate of drug-likeness (QED) is 0.462. The van der Waals surface area contributed by atoms with Crippen molar-refractivity contribution in [2.75, 3.05) is 4.90 Å². The van der Waals surface area contributed by atoms with E-state index in [0.717, 1.165) is 15.6 Å². The Morgan fingerprint density at radius 2 is 1.74 bits per heavy atom. The topological polar surface area (TPSA) is 57.6 Å². The summed E-state index contributed by atoms with van der Waals surface area (Å²) in [6.07, 6.45) is 0. The Morgan fingerprint density at radius 3 is 2.39 bits per heavy atom. The molecule has 3 aromatic carbocycles. The summed E-state index contributed by atoms with van der Waals surface area (Å²) in [4.78, 5) is 28.3. The van der Waals surface area contributed by atoms with E-state index in [1.165, 1.54) is 0 Å². The van der Waals surface area contributed by atoms with Crippen LogP contribution in [0.25, 0.3) is 0 Å². The molecule has 3 aromatic rings. The summed E-state index contributed by atoms with van der Waals surface area (Å²) in [7, 11) is 0. The number of anilines is 1. The Labute approximate surface area is 194 Å². The summed E-state index contributed by atoms with van der Waals surface area (Å²) in [5.41, 5.74) is 1.52. The van der Waals surface area contributed by atoms with E-state index in [9.17, 15) is 14.7 Å². The normalized spacial score (nSPS) is 18.7. The van der Waals surface area contributed by atoms with Crippen molar-refractivity contribution in [3.8, 4) is 0 Å². The summed E-state index contributed by atoms with van der Waals surface area (Å²) >= 11 is 9.37. The van der Waals surface area contributed by atoms with Gasteiger partial charge in [-0.25, -0.2) is 0 Å². The Kier molecular flexibility index (Phi) is 5.77. The van der Waals surface area contributed by atoms with Gasteiger partial charge in [-0.2, -0.15) is 0 Å². The molecule has 1 heterocycles. The van der Waals surface area contributed by atoms with Crippen molar-refractivity contribution >= 4 is 44.9 Å². The van der Waals surface area contributed by atoms with Crippen LogP contribution < -0.4 is 4.90 Å². The summed E-state index contributed by atoms with van der Waals surface area (Å²) in [6, 6.07) is 19.7. The second kappa shape index (κ2) is 8.23. The predicted molar refractivity (Wildman–Crippen MR) is 125 cm³/mol. The highest BCUT2D eigenvalue weighted by atomic mass is 79.9. The molecule has 1 amide bonds. The first-order valence-electron chi connectivity index (χ1n) is 9.91. The summed E-state index contributed by atoms with van der Waals surface area (Å²) in [5.74, 6) is -1.82. The molecule has 0 bridgehead atoms. The van der Waals surface area contributed by atoms with Gasteiger partial charge in [0.25, 0.3) is 5.91 Å². The molecule has 0 aromatic heterocycles. The second-order valence-corrected chi connectivity index (χ2v) is 9.25. The van der Waals surface area contributed by atoms with Gasteiger partial charge in [-0.05, 0) is 55.0 Å². The fourth-order valence-electron chi connectivity index (χ4n) is 3.98. The molecule has 6 heteroatoms. The van der Waals surface area contributed by atoms with Gasteiger partial charge in [0.1, 0.15) is 0 Å². The van der Waals surface area contributed by atoms with Crippen LogP contribution in [0.1, 0.15) is 34.0 Å². The molecule has 158 valence electrons. The first-order chi connectivity index (χ1) is 14.7. The zero-order chi connectivity index (χ0) is 22.3. The van der Waals surface area contributed by atoms with Crippen LogP contribution in [0.2, 0.25) is 5.02 Å². The lowest BCUT2D eigenvalue weighted by Gasteiger charge is -2.28. The lowest BCUT2D eigenvalue weighted by molar-refractivity contribution is -0.139. The number of benzene rings is 3. The maximum atomic E-state index is 13.6. The third kappa shape index (κ3) is 3.82. The van der Waals surface area contributed by atoms with Crippen molar-refractivity contribution in [2.24, 2.45) is 5.92 Å². The van der Waals surface area contributed by atoms with Crippen molar-refractivity contribution in [1.29, 1.82) is 0 Å². The number of rotatable bonds is 5. The first-order valence-corrected chi connectivity index (χ1v) is 11.1. The zero-order valence-corrected chi connectivity index (χ0v) is 19.4. The number of ketones is 1. The number of Topliss-reactive ketones (excluding diaryl/α,β-unsaturated/α-hetero) is 1. The molecular formula is C25H21BrClNO3. The molecule has 1 aliphatic heterocycles. The number of carbonyl (C=O) groups excluding carboxylic acids is 2. The molecule has 0 fully saturated rings. The molecule has 4 nitrogen and oxygen atoms in total. The van der Waals surface area contributed by atoms with Gasteiger partial charge in [-0.3, -0.25) is 9.59 Å². The van der Waals surface area contributed by atoms with E-state index in [1.807, 2.05) is 37.3 Å². The highest BCUT2D eigenvalue weighted by Gasteiger charge is 2.55. The second-order valence-electron chi connectivity index (χ2n) is 7.90. The number of hydrogen-bond acceptors (Lipinski definition) is 3. The number of halogens is 2. The summed E-state index contributed by atoms with van der Waals surface area (Å²) in [6.45, 7) is 3.90. The minimum absolute atomic E-state index is 0.303. The number of nitrogens with zero attached hydrogens (tertiary/aromatic N) is 1. The van der Waals surface area contributed by atoms with Gasteiger partial charge in [0.2, 0.25) is 0 Å². The Morgan fingerprint density at radius 1 is 1.10 bits per heavy atom. The van der Waals surface area contributed by atoms with Crippen LogP contribution in [0.3, 0.4) is 0 Å². The monoisotopic (exact) mass is 497 g/mol. The fourth-order valence-corrected chi connectivity index (χ4v) is 4.47. The van der Waals surface area contributed by atoms with E-state index in [4.69, 9.17) is 11.6 Å². The SMILES string of the molecule is Cc1ccc(CN2C(=O)C(O)(C(C)C(=O)c3ccc(Cl)cc3)c3cc(Br)ccc32)cc1. The maximum absolute atomic E-state index is 13.6. The van der Waals surface area contributed by atoms with E-state index in [2.05, 4.69) is 15.9 Å². The minimum Gasteiger partial charge on any atom is -0.375 e. The average Bonchev–Trinajstić information content (AvgIpc) is 2.97. The van der Waals surface area contributed by atoms with Crippen LogP contribution >= 0.6 is 27.5 Å². The number of amides is 1. The van der Waals surface area contributed by atoms with E-state index >= 15 is 0 Å².